The molecule has 0 spiro atoms. The molecule has 0 amide bonds. The van der Waals surface area contributed by atoms with Crippen LogP contribution >= 0.6 is 23.7 Å². The second kappa shape index (κ2) is 4.24. The van der Waals surface area contributed by atoms with Crippen molar-refractivity contribution >= 4 is 23.7 Å². The van der Waals surface area contributed by atoms with Gasteiger partial charge in [0.2, 0.25) is 0 Å². The summed E-state index contributed by atoms with van der Waals surface area (Å²) in [4.78, 5) is 0. The van der Waals surface area contributed by atoms with Gasteiger partial charge in [0.1, 0.15) is 5.75 Å². The first kappa shape index (κ1) is 10.7. The standard InChI is InChI=1S/C7H9BrNO3P/c1-11-13(9,10)12-7-4-2-6(8)3-5-7/h2-5H,1H3,(H2,9,10). The molecule has 1 aromatic rings. The van der Waals surface area contributed by atoms with Gasteiger partial charge >= 0.3 is 7.75 Å². The Kier molecular flexibility index (Phi) is 3.50. The topological polar surface area (TPSA) is 61.5 Å². The van der Waals surface area contributed by atoms with Gasteiger partial charge in [0, 0.05) is 11.6 Å². The molecular weight excluding hydrogens is 257 g/mol. The van der Waals surface area contributed by atoms with E-state index in [2.05, 4.69) is 20.5 Å². The van der Waals surface area contributed by atoms with Gasteiger partial charge in [0.15, 0.2) is 0 Å². The molecule has 0 aliphatic rings. The number of nitrogens with two attached hydrogens (primary N) is 1. The molecule has 1 rings (SSSR count). The molecule has 0 radical (unpaired) electrons. The highest BCUT2D eigenvalue weighted by atomic mass is 79.9. The number of halogens is 1. The van der Waals surface area contributed by atoms with Crippen molar-refractivity contribution < 1.29 is 13.6 Å². The Labute approximate surface area is 84.8 Å². The Hall–Kier alpha value is -0.350. The van der Waals surface area contributed by atoms with Gasteiger partial charge in [0.05, 0.1) is 0 Å². The van der Waals surface area contributed by atoms with Crippen LogP contribution in [0.4, 0.5) is 0 Å². The molecule has 1 unspecified atom stereocenters. The van der Waals surface area contributed by atoms with E-state index in [1.807, 2.05) is 0 Å². The Morgan fingerprint density at radius 2 is 1.92 bits per heavy atom. The van der Waals surface area contributed by atoms with Gasteiger partial charge < -0.3 is 4.52 Å². The fourth-order valence-electron chi connectivity index (χ4n) is 0.680. The molecule has 1 atom stereocenters. The summed E-state index contributed by atoms with van der Waals surface area (Å²) < 4.78 is 21.4. The van der Waals surface area contributed by atoms with Crippen LogP contribution in [0.2, 0.25) is 0 Å². The predicted octanol–water partition coefficient (Wildman–Crippen LogP) is 2.54. The molecule has 0 aliphatic heterocycles. The van der Waals surface area contributed by atoms with E-state index in [0.29, 0.717) is 5.75 Å². The van der Waals surface area contributed by atoms with E-state index in [1.54, 1.807) is 24.3 Å². The van der Waals surface area contributed by atoms with Crippen LogP contribution in [0.25, 0.3) is 0 Å². The van der Waals surface area contributed by atoms with Crippen molar-refractivity contribution in [3.63, 3.8) is 0 Å². The summed E-state index contributed by atoms with van der Waals surface area (Å²) in [5.74, 6) is 0.413. The van der Waals surface area contributed by atoms with E-state index in [0.717, 1.165) is 4.47 Å². The SMILES string of the molecule is COP(N)(=O)Oc1ccc(Br)cc1. The van der Waals surface area contributed by atoms with Crippen LogP contribution in [0, 0.1) is 0 Å². The van der Waals surface area contributed by atoms with E-state index in [1.165, 1.54) is 7.11 Å². The van der Waals surface area contributed by atoms with Crippen molar-refractivity contribution in [2.24, 2.45) is 5.50 Å². The maximum atomic E-state index is 11.2. The molecule has 2 N–H and O–H groups in total. The predicted molar refractivity (Wildman–Crippen MR) is 53.6 cm³/mol. The number of rotatable bonds is 3. The highest BCUT2D eigenvalue weighted by molar-refractivity contribution is 9.10. The average molecular weight is 266 g/mol. The first-order chi connectivity index (χ1) is 6.03. The average Bonchev–Trinajstić information content (AvgIpc) is 2.09. The third kappa shape index (κ3) is 3.48. The molecule has 1 aromatic carbocycles. The summed E-state index contributed by atoms with van der Waals surface area (Å²) >= 11 is 3.26. The van der Waals surface area contributed by atoms with Crippen molar-refractivity contribution in [1.82, 2.24) is 0 Å². The van der Waals surface area contributed by atoms with Gasteiger partial charge in [-0.1, -0.05) is 15.9 Å². The third-order valence-electron chi connectivity index (χ3n) is 1.30. The van der Waals surface area contributed by atoms with Crippen LogP contribution in [-0.2, 0) is 9.09 Å². The molecule has 0 heterocycles. The Morgan fingerprint density at radius 1 is 1.38 bits per heavy atom. The maximum absolute atomic E-state index is 11.2. The number of hydrogen-bond donors (Lipinski definition) is 1. The van der Waals surface area contributed by atoms with Crippen LogP contribution in [0.15, 0.2) is 28.7 Å². The van der Waals surface area contributed by atoms with Crippen molar-refractivity contribution in [1.29, 1.82) is 0 Å². The van der Waals surface area contributed by atoms with E-state index in [4.69, 9.17) is 10.0 Å². The summed E-state index contributed by atoms with van der Waals surface area (Å²) in [6.07, 6.45) is 0. The van der Waals surface area contributed by atoms with Crippen LogP contribution in [0.1, 0.15) is 0 Å². The fourth-order valence-corrected chi connectivity index (χ4v) is 1.43. The first-order valence-corrected chi connectivity index (χ1v) is 5.83. The largest absolute Gasteiger partial charge is 0.455 e. The van der Waals surface area contributed by atoms with Gasteiger partial charge in [-0.3, -0.25) is 4.52 Å². The van der Waals surface area contributed by atoms with Crippen LogP contribution in [0.3, 0.4) is 0 Å². The minimum atomic E-state index is -3.43. The van der Waals surface area contributed by atoms with E-state index >= 15 is 0 Å². The monoisotopic (exact) mass is 265 g/mol. The molecule has 13 heavy (non-hydrogen) atoms. The van der Waals surface area contributed by atoms with E-state index < -0.39 is 7.75 Å². The summed E-state index contributed by atoms with van der Waals surface area (Å²) in [6.45, 7) is 0. The lowest BCUT2D eigenvalue weighted by Crippen LogP contribution is -2.03. The molecule has 0 saturated heterocycles. The minimum absolute atomic E-state index is 0.413. The van der Waals surface area contributed by atoms with Crippen molar-refractivity contribution in [3.8, 4) is 5.75 Å². The van der Waals surface area contributed by atoms with Gasteiger partial charge in [-0.25, -0.2) is 10.1 Å². The normalized spacial score (nSPS) is 15.0. The second-order valence-corrected chi connectivity index (χ2v) is 4.81. The van der Waals surface area contributed by atoms with Crippen LogP contribution < -0.4 is 10.0 Å². The summed E-state index contributed by atoms with van der Waals surface area (Å²) in [6, 6.07) is 6.79. The Balaban J connectivity index is 2.75. The first-order valence-electron chi connectivity index (χ1n) is 3.43. The van der Waals surface area contributed by atoms with Crippen LogP contribution in [0.5, 0.6) is 5.75 Å². The zero-order valence-corrected chi connectivity index (χ0v) is 9.42. The quantitative estimate of drug-likeness (QED) is 0.854. The molecular formula is C7H9BrNO3P. The molecule has 0 bridgehead atoms. The number of hydrogen-bond acceptors (Lipinski definition) is 3. The van der Waals surface area contributed by atoms with Crippen molar-refractivity contribution in [2.75, 3.05) is 7.11 Å². The molecule has 6 heteroatoms. The summed E-state index contributed by atoms with van der Waals surface area (Å²) in [5.41, 5.74) is 5.19. The lowest BCUT2D eigenvalue weighted by molar-refractivity contribution is 0.323. The number of benzene rings is 1. The molecule has 0 aliphatic carbocycles. The zero-order chi connectivity index (χ0) is 9.90. The highest BCUT2D eigenvalue weighted by Gasteiger charge is 2.16. The molecule has 0 aromatic heterocycles. The van der Waals surface area contributed by atoms with Gasteiger partial charge in [-0.15, -0.1) is 0 Å². The van der Waals surface area contributed by atoms with E-state index in [-0.39, 0.29) is 0 Å². The Bertz CT molecular complexity index is 327. The van der Waals surface area contributed by atoms with Gasteiger partial charge in [-0.05, 0) is 24.3 Å². The van der Waals surface area contributed by atoms with Gasteiger partial charge in [0.25, 0.3) is 0 Å². The van der Waals surface area contributed by atoms with Crippen molar-refractivity contribution in [2.45, 2.75) is 0 Å². The zero-order valence-electron chi connectivity index (χ0n) is 6.94. The highest BCUT2D eigenvalue weighted by Crippen LogP contribution is 2.38. The van der Waals surface area contributed by atoms with Crippen molar-refractivity contribution in [3.05, 3.63) is 28.7 Å². The second-order valence-electron chi connectivity index (χ2n) is 2.27. The molecule has 4 nitrogen and oxygen atoms in total. The maximum Gasteiger partial charge on any atom is 0.455 e. The van der Waals surface area contributed by atoms with Crippen LogP contribution in [-0.4, -0.2) is 7.11 Å². The minimum Gasteiger partial charge on any atom is -0.413 e. The Morgan fingerprint density at radius 3 is 2.38 bits per heavy atom. The lowest BCUT2D eigenvalue weighted by Gasteiger charge is -2.11. The molecule has 0 fully saturated rings. The van der Waals surface area contributed by atoms with Gasteiger partial charge in [-0.2, -0.15) is 0 Å². The fraction of sp³-hybridized carbons (Fsp3) is 0.143. The summed E-state index contributed by atoms with van der Waals surface area (Å²) in [7, 11) is -2.19. The third-order valence-corrected chi connectivity index (χ3v) is 2.80. The van der Waals surface area contributed by atoms with E-state index in [9.17, 15) is 4.57 Å². The lowest BCUT2D eigenvalue weighted by atomic mass is 10.3. The summed E-state index contributed by atoms with van der Waals surface area (Å²) in [5, 5.41) is 0. The smallest absolute Gasteiger partial charge is 0.413 e. The molecule has 0 saturated carbocycles. The molecule has 72 valence electrons.